The molecule has 5 nitrogen and oxygen atoms in total. The van der Waals surface area contributed by atoms with Gasteiger partial charge in [0, 0.05) is 25.7 Å². The van der Waals surface area contributed by atoms with Crippen LogP contribution >= 0.6 is 0 Å². The summed E-state index contributed by atoms with van der Waals surface area (Å²) in [6.45, 7) is 2.43. The van der Waals surface area contributed by atoms with Crippen molar-refractivity contribution in [1.82, 2.24) is 4.90 Å². The summed E-state index contributed by atoms with van der Waals surface area (Å²) in [5, 5.41) is 0. The predicted molar refractivity (Wildman–Crippen MR) is 89.6 cm³/mol. The van der Waals surface area contributed by atoms with Gasteiger partial charge >= 0.3 is 12.1 Å². The zero-order valence-corrected chi connectivity index (χ0v) is 13.8. The summed E-state index contributed by atoms with van der Waals surface area (Å²) in [5.74, 6) is -0.0528. The molecule has 1 aromatic carbocycles. The molecule has 0 bridgehead atoms. The summed E-state index contributed by atoms with van der Waals surface area (Å²) in [6.07, 6.45) is 5.71. The summed E-state index contributed by atoms with van der Waals surface area (Å²) < 4.78 is 10.3. The first kappa shape index (κ1) is 18.5. The summed E-state index contributed by atoms with van der Waals surface area (Å²) in [7, 11) is 3.21. The molecule has 0 aliphatic carbocycles. The number of amides is 1. The van der Waals surface area contributed by atoms with Crippen LogP contribution in [0.5, 0.6) is 0 Å². The molecule has 0 N–H and O–H groups in total. The molecule has 0 aliphatic heterocycles. The Hall–Kier alpha value is -2.56. The topological polar surface area (TPSA) is 55.8 Å². The van der Waals surface area contributed by atoms with Crippen LogP contribution < -0.4 is 0 Å². The third-order valence-corrected chi connectivity index (χ3v) is 2.84. The second-order valence-corrected chi connectivity index (χ2v) is 5.04. The summed E-state index contributed by atoms with van der Waals surface area (Å²) >= 11 is 0. The number of benzene rings is 1. The van der Waals surface area contributed by atoms with Gasteiger partial charge in [0.25, 0.3) is 0 Å². The number of carbonyl (C=O) groups is 2. The lowest BCUT2D eigenvalue weighted by molar-refractivity contribution is -0.137. The van der Waals surface area contributed by atoms with E-state index in [0.717, 1.165) is 18.4 Å². The summed E-state index contributed by atoms with van der Waals surface area (Å²) in [6, 6.07) is 9.20. The monoisotopic (exact) mass is 317 g/mol. The average Bonchev–Trinajstić information content (AvgIpc) is 2.54. The molecular formula is C18H23NO4. The fraction of sp³-hybridized carbons (Fsp3) is 0.333. The van der Waals surface area contributed by atoms with Crippen LogP contribution in [0.2, 0.25) is 0 Å². The van der Waals surface area contributed by atoms with Crippen molar-refractivity contribution in [3.05, 3.63) is 54.1 Å². The maximum absolute atomic E-state index is 11.7. The number of nitrogens with zero attached hydrogens (tertiary/aromatic N) is 1. The highest BCUT2D eigenvalue weighted by atomic mass is 16.6. The Morgan fingerprint density at radius 3 is 2.48 bits per heavy atom. The smallest absolute Gasteiger partial charge is 0.414 e. The van der Waals surface area contributed by atoms with E-state index in [9.17, 15) is 9.59 Å². The molecule has 0 aromatic heterocycles. The largest absolute Gasteiger partial charge is 0.463 e. The lowest BCUT2D eigenvalue weighted by Gasteiger charge is -2.13. The maximum Gasteiger partial charge on any atom is 0.414 e. The molecule has 0 spiro atoms. The van der Waals surface area contributed by atoms with Gasteiger partial charge in [0.1, 0.15) is 5.76 Å². The molecule has 0 radical (unpaired) electrons. The maximum atomic E-state index is 11.7. The third-order valence-electron chi connectivity index (χ3n) is 2.84. The van der Waals surface area contributed by atoms with Gasteiger partial charge in [-0.2, -0.15) is 0 Å². The number of allylic oxidation sites excluding steroid dienone is 2. The fourth-order valence-corrected chi connectivity index (χ4v) is 1.56. The van der Waals surface area contributed by atoms with Crippen LogP contribution in [-0.2, 0) is 14.3 Å². The van der Waals surface area contributed by atoms with Crippen molar-refractivity contribution in [2.75, 3.05) is 20.7 Å². The second kappa shape index (κ2) is 10.2. The average molecular weight is 317 g/mol. The predicted octanol–water partition coefficient (Wildman–Crippen LogP) is 3.63. The van der Waals surface area contributed by atoms with E-state index in [1.165, 1.54) is 17.1 Å². The molecule has 23 heavy (non-hydrogen) atoms. The Balaban J connectivity index is 2.79. The quantitative estimate of drug-likeness (QED) is 0.253. The van der Waals surface area contributed by atoms with Crippen LogP contribution in [0.4, 0.5) is 4.79 Å². The van der Waals surface area contributed by atoms with Crippen molar-refractivity contribution in [3.8, 4) is 0 Å². The lowest BCUT2D eigenvalue weighted by Crippen LogP contribution is -2.22. The zero-order chi connectivity index (χ0) is 17.1. The Kier molecular flexibility index (Phi) is 8.21. The van der Waals surface area contributed by atoms with Crippen LogP contribution in [0, 0.1) is 0 Å². The highest BCUT2D eigenvalue weighted by Gasteiger charge is 2.10. The summed E-state index contributed by atoms with van der Waals surface area (Å²) in [5.41, 5.74) is 0.742. The third kappa shape index (κ3) is 7.31. The number of esters is 1. The lowest BCUT2D eigenvalue weighted by atomic mass is 10.2. The minimum absolute atomic E-state index is 0.363. The van der Waals surface area contributed by atoms with E-state index in [0.29, 0.717) is 12.4 Å². The molecule has 1 amide bonds. The van der Waals surface area contributed by atoms with Crippen molar-refractivity contribution in [3.63, 3.8) is 0 Å². The van der Waals surface area contributed by atoms with E-state index in [4.69, 9.17) is 9.47 Å². The van der Waals surface area contributed by atoms with E-state index in [1.54, 1.807) is 20.2 Å². The first-order valence-corrected chi connectivity index (χ1v) is 7.54. The molecule has 1 aromatic rings. The van der Waals surface area contributed by atoms with Crippen LogP contribution in [0.15, 0.2) is 48.6 Å². The first-order chi connectivity index (χ1) is 11.0. The van der Waals surface area contributed by atoms with Crippen molar-refractivity contribution < 1.29 is 19.1 Å². The number of rotatable bonds is 7. The molecular weight excluding hydrogens is 294 g/mol. The Labute approximate surface area is 137 Å². The molecule has 0 saturated carbocycles. The molecule has 1 rings (SSSR count). The highest BCUT2D eigenvalue weighted by Crippen LogP contribution is 2.16. The van der Waals surface area contributed by atoms with Gasteiger partial charge in [-0.3, -0.25) is 0 Å². The number of ether oxygens (including phenoxy) is 2. The number of unbranched alkanes of at least 4 members (excludes halogenated alkanes) is 1. The van der Waals surface area contributed by atoms with Gasteiger partial charge in [-0.15, -0.1) is 0 Å². The van der Waals surface area contributed by atoms with Crippen LogP contribution in [-0.4, -0.2) is 37.7 Å². The SMILES string of the molecule is CCCCOC(=O)/C=C/C=C(\OC(=O)N(C)C)c1ccccc1. The van der Waals surface area contributed by atoms with Crippen LogP contribution in [0.3, 0.4) is 0 Å². The van der Waals surface area contributed by atoms with Crippen molar-refractivity contribution in [2.45, 2.75) is 19.8 Å². The summed E-state index contributed by atoms with van der Waals surface area (Å²) in [4.78, 5) is 24.6. The normalized spacial score (nSPS) is 11.3. The Bertz CT molecular complexity index is 562. The molecule has 5 heteroatoms. The molecule has 0 atom stereocenters. The zero-order valence-electron chi connectivity index (χ0n) is 13.8. The minimum atomic E-state index is -0.487. The van der Waals surface area contributed by atoms with Gasteiger partial charge in [-0.05, 0) is 12.5 Å². The van der Waals surface area contributed by atoms with Gasteiger partial charge in [0.2, 0.25) is 0 Å². The van der Waals surface area contributed by atoms with E-state index in [1.807, 2.05) is 37.3 Å². The van der Waals surface area contributed by atoms with E-state index in [-0.39, 0.29) is 0 Å². The number of carbonyl (C=O) groups excluding carboxylic acids is 2. The molecule has 0 aliphatic rings. The Morgan fingerprint density at radius 2 is 1.87 bits per heavy atom. The van der Waals surface area contributed by atoms with Crippen molar-refractivity contribution in [1.29, 1.82) is 0 Å². The minimum Gasteiger partial charge on any atom is -0.463 e. The van der Waals surface area contributed by atoms with Crippen LogP contribution in [0.25, 0.3) is 5.76 Å². The second-order valence-electron chi connectivity index (χ2n) is 5.04. The van der Waals surface area contributed by atoms with Crippen molar-refractivity contribution in [2.24, 2.45) is 0 Å². The standard InChI is InChI=1S/C18H23NO4/c1-4-5-14-22-17(20)13-9-12-16(23-18(21)19(2)3)15-10-7-6-8-11-15/h6-13H,4-5,14H2,1-3H3/b13-9+,16-12-. The molecule has 0 unspecified atom stereocenters. The van der Waals surface area contributed by atoms with Gasteiger partial charge < -0.3 is 14.4 Å². The molecule has 124 valence electrons. The molecule has 0 heterocycles. The van der Waals surface area contributed by atoms with Gasteiger partial charge in [0.05, 0.1) is 6.61 Å². The van der Waals surface area contributed by atoms with E-state index < -0.39 is 12.1 Å². The first-order valence-electron chi connectivity index (χ1n) is 7.54. The van der Waals surface area contributed by atoms with Gasteiger partial charge in [-0.1, -0.05) is 49.8 Å². The molecule has 0 fully saturated rings. The van der Waals surface area contributed by atoms with Crippen molar-refractivity contribution >= 4 is 17.8 Å². The van der Waals surface area contributed by atoms with Gasteiger partial charge in [-0.25, -0.2) is 9.59 Å². The number of hydrogen-bond acceptors (Lipinski definition) is 4. The van der Waals surface area contributed by atoms with E-state index in [2.05, 4.69) is 0 Å². The van der Waals surface area contributed by atoms with Gasteiger partial charge in [0.15, 0.2) is 0 Å². The van der Waals surface area contributed by atoms with Crippen LogP contribution in [0.1, 0.15) is 25.3 Å². The fourth-order valence-electron chi connectivity index (χ4n) is 1.56. The Morgan fingerprint density at radius 1 is 1.17 bits per heavy atom. The van der Waals surface area contributed by atoms with E-state index >= 15 is 0 Å². The number of hydrogen-bond donors (Lipinski definition) is 0. The molecule has 0 saturated heterocycles. The highest BCUT2D eigenvalue weighted by molar-refractivity contribution is 5.83.